The quantitative estimate of drug-likeness (QED) is 0.423. The lowest BCUT2D eigenvalue weighted by atomic mass is 9.79. The van der Waals surface area contributed by atoms with E-state index in [1.165, 1.54) is 12.5 Å². The average molecular weight is 308 g/mol. The van der Waals surface area contributed by atoms with Crippen molar-refractivity contribution < 1.29 is 23.8 Å². The van der Waals surface area contributed by atoms with Crippen LogP contribution in [0, 0.1) is 11.8 Å². The molecule has 2 heterocycles. The molecule has 22 heavy (non-hydrogen) atoms. The molecule has 0 saturated carbocycles. The summed E-state index contributed by atoms with van der Waals surface area (Å²) in [5, 5.41) is 0. The standard InChI is InChI=1S/C17H24O5/c1-9-6-5-7-17(4)15(22-17)14-13(10(2)16(19)21-14)12(8-9)20-11(3)18/h6,10,12-15H,5,7-8H2,1-4H3/b9-6+/t10-,12-,13+,14-,15+,17+/m0/s1. The predicted octanol–water partition coefficient (Wildman–Crippen LogP) is 2.38. The fourth-order valence-electron chi connectivity index (χ4n) is 3.91. The summed E-state index contributed by atoms with van der Waals surface area (Å²) in [7, 11) is 0. The Bertz CT molecular complexity index is 525. The number of esters is 2. The van der Waals surface area contributed by atoms with Crippen LogP contribution in [0.1, 0.15) is 47.0 Å². The van der Waals surface area contributed by atoms with Gasteiger partial charge in [0, 0.05) is 19.3 Å². The molecule has 0 spiro atoms. The molecule has 0 unspecified atom stereocenters. The van der Waals surface area contributed by atoms with Gasteiger partial charge in [0.15, 0.2) is 0 Å². The number of epoxide rings is 1. The van der Waals surface area contributed by atoms with Gasteiger partial charge < -0.3 is 14.2 Å². The van der Waals surface area contributed by atoms with Crippen molar-refractivity contribution in [1.29, 1.82) is 0 Å². The van der Waals surface area contributed by atoms with Crippen LogP contribution in [0.25, 0.3) is 0 Å². The van der Waals surface area contributed by atoms with E-state index in [0.717, 1.165) is 12.8 Å². The lowest BCUT2D eigenvalue weighted by Crippen LogP contribution is -2.39. The van der Waals surface area contributed by atoms with Gasteiger partial charge in [0.25, 0.3) is 0 Å². The highest BCUT2D eigenvalue weighted by Gasteiger charge is 2.63. The van der Waals surface area contributed by atoms with E-state index in [1.807, 2.05) is 13.8 Å². The molecule has 0 aromatic rings. The fourth-order valence-corrected chi connectivity index (χ4v) is 3.91. The summed E-state index contributed by atoms with van der Waals surface area (Å²) in [6.07, 6.45) is 3.93. The highest BCUT2D eigenvalue weighted by Crippen LogP contribution is 2.50. The molecule has 0 bridgehead atoms. The van der Waals surface area contributed by atoms with E-state index in [9.17, 15) is 9.59 Å². The summed E-state index contributed by atoms with van der Waals surface area (Å²) in [5.41, 5.74) is 0.946. The highest BCUT2D eigenvalue weighted by atomic mass is 16.6. The van der Waals surface area contributed by atoms with Gasteiger partial charge in [-0.1, -0.05) is 18.6 Å². The number of hydrogen-bond donors (Lipinski definition) is 0. The van der Waals surface area contributed by atoms with Gasteiger partial charge in [0.05, 0.1) is 11.5 Å². The van der Waals surface area contributed by atoms with Crippen LogP contribution in [0.5, 0.6) is 0 Å². The number of carbonyl (C=O) groups is 2. The maximum Gasteiger partial charge on any atom is 0.309 e. The molecule has 5 heteroatoms. The average Bonchev–Trinajstić information content (AvgIpc) is 2.98. The first kappa shape index (κ1) is 15.5. The van der Waals surface area contributed by atoms with Gasteiger partial charge in [-0.05, 0) is 26.7 Å². The summed E-state index contributed by atoms with van der Waals surface area (Å²) >= 11 is 0. The zero-order valence-corrected chi connectivity index (χ0v) is 13.6. The van der Waals surface area contributed by atoms with Crippen LogP contribution < -0.4 is 0 Å². The van der Waals surface area contributed by atoms with Crippen molar-refractivity contribution in [2.45, 2.75) is 70.9 Å². The second kappa shape index (κ2) is 5.37. The van der Waals surface area contributed by atoms with Crippen molar-refractivity contribution in [2.24, 2.45) is 11.8 Å². The third kappa shape index (κ3) is 2.67. The van der Waals surface area contributed by atoms with Crippen LogP contribution in [-0.4, -0.2) is 35.9 Å². The van der Waals surface area contributed by atoms with E-state index in [2.05, 4.69) is 13.0 Å². The third-order valence-electron chi connectivity index (χ3n) is 5.22. The lowest BCUT2D eigenvalue weighted by Gasteiger charge is -2.29. The van der Waals surface area contributed by atoms with Crippen LogP contribution in [0.4, 0.5) is 0 Å². The molecule has 0 amide bonds. The molecular weight excluding hydrogens is 284 g/mol. The first-order chi connectivity index (χ1) is 10.3. The van der Waals surface area contributed by atoms with Crippen molar-refractivity contribution >= 4 is 11.9 Å². The van der Waals surface area contributed by atoms with Crippen LogP contribution in [-0.2, 0) is 23.8 Å². The van der Waals surface area contributed by atoms with Gasteiger partial charge in [-0.3, -0.25) is 9.59 Å². The maximum atomic E-state index is 12.1. The van der Waals surface area contributed by atoms with E-state index in [4.69, 9.17) is 14.2 Å². The smallest absolute Gasteiger partial charge is 0.309 e. The van der Waals surface area contributed by atoms with Crippen molar-refractivity contribution in [3.63, 3.8) is 0 Å². The van der Waals surface area contributed by atoms with Crippen LogP contribution in [0.3, 0.4) is 0 Å². The Morgan fingerprint density at radius 3 is 2.86 bits per heavy atom. The first-order valence-electron chi connectivity index (χ1n) is 8.03. The number of allylic oxidation sites excluding steroid dienone is 1. The molecule has 2 aliphatic heterocycles. The van der Waals surface area contributed by atoms with E-state index >= 15 is 0 Å². The van der Waals surface area contributed by atoms with Gasteiger partial charge >= 0.3 is 11.9 Å². The Morgan fingerprint density at radius 1 is 1.45 bits per heavy atom. The Labute approximate surface area is 131 Å². The van der Waals surface area contributed by atoms with Gasteiger partial charge in [0.1, 0.15) is 18.3 Å². The molecule has 0 aromatic heterocycles. The zero-order valence-electron chi connectivity index (χ0n) is 13.6. The molecule has 3 rings (SSSR count). The number of ether oxygens (including phenoxy) is 3. The van der Waals surface area contributed by atoms with Crippen LogP contribution >= 0.6 is 0 Å². The van der Waals surface area contributed by atoms with Crippen molar-refractivity contribution in [3.05, 3.63) is 11.6 Å². The summed E-state index contributed by atoms with van der Waals surface area (Å²) in [6.45, 7) is 7.38. The van der Waals surface area contributed by atoms with Gasteiger partial charge in [0.2, 0.25) is 0 Å². The molecule has 0 aromatic carbocycles. The van der Waals surface area contributed by atoms with Crippen LogP contribution in [0.2, 0.25) is 0 Å². The Balaban J connectivity index is 1.94. The summed E-state index contributed by atoms with van der Waals surface area (Å²) < 4.78 is 17.0. The normalized spacial score (nSPS) is 46.6. The van der Waals surface area contributed by atoms with E-state index < -0.39 is 0 Å². The number of rotatable bonds is 1. The number of hydrogen-bond acceptors (Lipinski definition) is 5. The van der Waals surface area contributed by atoms with Crippen molar-refractivity contribution in [2.75, 3.05) is 0 Å². The molecule has 0 radical (unpaired) electrons. The maximum absolute atomic E-state index is 12.1. The van der Waals surface area contributed by atoms with E-state index in [0.29, 0.717) is 6.42 Å². The van der Waals surface area contributed by atoms with E-state index in [1.54, 1.807) is 0 Å². The summed E-state index contributed by atoms with van der Waals surface area (Å²) in [5.74, 6) is -0.967. The molecule has 5 nitrogen and oxygen atoms in total. The fraction of sp³-hybridized carbons (Fsp3) is 0.765. The first-order valence-corrected chi connectivity index (χ1v) is 8.03. The minimum atomic E-state index is -0.341. The molecule has 1 aliphatic carbocycles. The van der Waals surface area contributed by atoms with Crippen molar-refractivity contribution in [1.82, 2.24) is 0 Å². The topological polar surface area (TPSA) is 65.1 Å². The van der Waals surface area contributed by atoms with Gasteiger partial charge in [-0.15, -0.1) is 0 Å². The number of carbonyl (C=O) groups excluding carboxylic acids is 2. The Hall–Kier alpha value is -1.36. The van der Waals surface area contributed by atoms with E-state index in [-0.39, 0.29) is 47.7 Å². The highest BCUT2D eigenvalue weighted by molar-refractivity contribution is 5.75. The SMILES string of the molecule is CC(=O)O[C@H]1C/C(C)=C/CC[C@@]2(C)O[C@@H]2[C@H]2OC(=O)[C@@H](C)[C@@H]21. The zero-order chi connectivity index (χ0) is 16.1. The number of fused-ring (bicyclic) bond motifs is 3. The Kier molecular flexibility index (Phi) is 3.79. The molecule has 3 aliphatic rings. The molecular formula is C17H24O5. The summed E-state index contributed by atoms with van der Waals surface area (Å²) in [6, 6.07) is 0. The monoisotopic (exact) mass is 308 g/mol. The second-order valence-electron chi connectivity index (χ2n) is 7.06. The van der Waals surface area contributed by atoms with Crippen molar-refractivity contribution in [3.8, 4) is 0 Å². The third-order valence-corrected chi connectivity index (χ3v) is 5.22. The van der Waals surface area contributed by atoms with Crippen LogP contribution in [0.15, 0.2) is 11.6 Å². The minimum absolute atomic E-state index is 0.0868. The van der Waals surface area contributed by atoms with Gasteiger partial charge in [-0.2, -0.15) is 0 Å². The molecule has 122 valence electrons. The molecule has 2 saturated heterocycles. The Morgan fingerprint density at radius 2 is 2.18 bits per heavy atom. The minimum Gasteiger partial charge on any atom is -0.462 e. The lowest BCUT2D eigenvalue weighted by molar-refractivity contribution is -0.151. The second-order valence-corrected chi connectivity index (χ2v) is 7.06. The largest absolute Gasteiger partial charge is 0.462 e. The summed E-state index contributed by atoms with van der Waals surface area (Å²) in [4.78, 5) is 23.6. The van der Waals surface area contributed by atoms with Gasteiger partial charge in [-0.25, -0.2) is 0 Å². The molecule has 2 fully saturated rings. The molecule has 6 atom stereocenters. The molecule has 0 N–H and O–H groups in total. The predicted molar refractivity (Wildman–Crippen MR) is 79.0 cm³/mol.